The summed E-state index contributed by atoms with van der Waals surface area (Å²) in [6, 6.07) is 52.1. The van der Waals surface area contributed by atoms with Gasteiger partial charge in [0.1, 0.15) is 11.2 Å². The number of rotatable bonds is 4. The molecule has 0 saturated heterocycles. The van der Waals surface area contributed by atoms with E-state index < -0.39 is 0 Å². The molecular weight excluding hydrogens is 550 g/mol. The lowest BCUT2D eigenvalue weighted by Crippen LogP contribution is -2.00. The molecule has 0 unspecified atom stereocenters. The minimum atomic E-state index is 0.573. The van der Waals surface area contributed by atoms with E-state index in [1.54, 1.807) is 0 Å². The molecule has 0 saturated carbocycles. The first kappa shape index (κ1) is 25.4. The zero-order chi connectivity index (χ0) is 29.7. The van der Waals surface area contributed by atoms with Crippen LogP contribution in [0.4, 0.5) is 0 Å². The summed E-state index contributed by atoms with van der Waals surface area (Å²) in [5.74, 6) is 1.81. The minimum Gasteiger partial charge on any atom is -0.455 e. The maximum Gasteiger partial charge on any atom is 0.167 e. The summed E-state index contributed by atoms with van der Waals surface area (Å²) in [6.45, 7) is 0. The Labute approximate surface area is 259 Å². The molecule has 45 heavy (non-hydrogen) atoms. The molecule has 0 spiro atoms. The first-order valence-electron chi connectivity index (χ1n) is 15.0. The van der Waals surface area contributed by atoms with Gasteiger partial charge in [0.05, 0.1) is 5.56 Å². The van der Waals surface area contributed by atoms with Gasteiger partial charge in [-0.2, -0.15) is 0 Å². The van der Waals surface area contributed by atoms with Crippen LogP contribution in [0, 0.1) is 0 Å². The van der Waals surface area contributed by atoms with Gasteiger partial charge in [0.15, 0.2) is 17.5 Å². The van der Waals surface area contributed by atoms with Crippen molar-refractivity contribution in [2.24, 2.45) is 0 Å². The molecule has 4 heteroatoms. The lowest BCUT2D eigenvalue weighted by molar-refractivity contribution is 0.671. The molecule has 2 heterocycles. The van der Waals surface area contributed by atoms with E-state index in [9.17, 15) is 0 Å². The summed E-state index contributed by atoms with van der Waals surface area (Å²) in [6.07, 6.45) is 0. The van der Waals surface area contributed by atoms with Gasteiger partial charge in [0.25, 0.3) is 0 Å². The van der Waals surface area contributed by atoms with Gasteiger partial charge >= 0.3 is 0 Å². The minimum absolute atomic E-state index is 0.573. The van der Waals surface area contributed by atoms with Crippen LogP contribution in [-0.4, -0.2) is 15.0 Å². The van der Waals surface area contributed by atoms with Crippen LogP contribution in [0.15, 0.2) is 156 Å². The molecule has 0 bridgehead atoms. The summed E-state index contributed by atoms with van der Waals surface area (Å²) < 4.78 is 6.97. The van der Waals surface area contributed by atoms with Crippen LogP contribution in [0.25, 0.3) is 88.8 Å². The van der Waals surface area contributed by atoms with Crippen LogP contribution in [0.1, 0.15) is 0 Å². The van der Waals surface area contributed by atoms with E-state index in [4.69, 9.17) is 19.4 Å². The highest BCUT2D eigenvalue weighted by Crippen LogP contribution is 2.44. The highest BCUT2D eigenvalue weighted by Gasteiger charge is 2.21. The molecule has 0 aliphatic rings. The Morgan fingerprint density at radius 1 is 0.356 bits per heavy atom. The molecule has 7 aromatic carbocycles. The van der Waals surface area contributed by atoms with E-state index >= 15 is 0 Å². The number of hydrogen-bond acceptors (Lipinski definition) is 4. The lowest BCUT2D eigenvalue weighted by Gasteiger charge is -2.11. The SMILES string of the molecule is c1ccc(-c2nc(-c3ccccc3)nc(-c3cccc4c3oc3c(-c5cccc6ccccc56)c5ccccc5cc34)n2)cc1. The Hall–Kier alpha value is -6.13. The van der Waals surface area contributed by atoms with Crippen molar-refractivity contribution in [3.63, 3.8) is 0 Å². The summed E-state index contributed by atoms with van der Waals surface area (Å²) in [5.41, 5.74) is 6.54. The fourth-order valence-electron chi connectivity index (χ4n) is 6.41. The van der Waals surface area contributed by atoms with Crippen molar-refractivity contribution in [3.8, 4) is 45.3 Å². The van der Waals surface area contributed by atoms with E-state index in [2.05, 4.69) is 84.9 Å². The van der Waals surface area contributed by atoms with Crippen LogP contribution >= 0.6 is 0 Å². The normalized spacial score (nSPS) is 11.6. The molecule has 0 atom stereocenters. The van der Waals surface area contributed by atoms with Gasteiger partial charge in [-0.05, 0) is 39.2 Å². The third kappa shape index (κ3) is 4.19. The first-order chi connectivity index (χ1) is 22.3. The molecule has 0 fully saturated rings. The molecule has 0 aliphatic carbocycles. The summed E-state index contributed by atoms with van der Waals surface area (Å²) >= 11 is 0. The van der Waals surface area contributed by atoms with Crippen molar-refractivity contribution >= 4 is 43.5 Å². The van der Waals surface area contributed by atoms with Gasteiger partial charge in [0, 0.05) is 27.5 Å². The summed E-state index contributed by atoms with van der Waals surface area (Å²) in [5, 5.41) is 6.79. The van der Waals surface area contributed by atoms with Gasteiger partial charge in [0.2, 0.25) is 0 Å². The van der Waals surface area contributed by atoms with E-state index in [0.29, 0.717) is 17.5 Å². The van der Waals surface area contributed by atoms with Crippen molar-refractivity contribution in [2.45, 2.75) is 0 Å². The Bertz CT molecular complexity index is 2470. The predicted octanol–water partition coefficient (Wildman–Crippen LogP) is 10.7. The molecule has 0 aliphatic heterocycles. The summed E-state index contributed by atoms with van der Waals surface area (Å²) in [4.78, 5) is 14.9. The van der Waals surface area contributed by atoms with Crippen LogP contribution in [0.5, 0.6) is 0 Å². The molecular formula is C41H25N3O. The zero-order valence-electron chi connectivity index (χ0n) is 24.2. The van der Waals surface area contributed by atoms with Crippen LogP contribution < -0.4 is 0 Å². The lowest BCUT2D eigenvalue weighted by atomic mass is 9.92. The highest BCUT2D eigenvalue weighted by molar-refractivity contribution is 6.21. The fourth-order valence-corrected chi connectivity index (χ4v) is 6.41. The average molecular weight is 576 g/mol. The van der Waals surface area contributed by atoms with Gasteiger partial charge in [-0.25, -0.2) is 15.0 Å². The number of fused-ring (bicyclic) bond motifs is 5. The second-order valence-electron chi connectivity index (χ2n) is 11.2. The smallest absolute Gasteiger partial charge is 0.167 e. The largest absolute Gasteiger partial charge is 0.455 e. The second-order valence-corrected chi connectivity index (χ2v) is 11.2. The molecule has 0 radical (unpaired) electrons. The van der Waals surface area contributed by atoms with Crippen LogP contribution in [0.2, 0.25) is 0 Å². The van der Waals surface area contributed by atoms with E-state index in [1.165, 1.54) is 16.2 Å². The monoisotopic (exact) mass is 575 g/mol. The molecule has 210 valence electrons. The highest BCUT2D eigenvalue weighted by atomic mass is 16.3. The standard InChI is InChI=1S/C41H25N3O/c1-3-14-27(15-4-1)39-42-40(28-16-5-2-6-17-28)44-41(43-39)34-24-12-23-33-35-25-29-18-8-10-21-31(29)36(38(35)45-37(33)34)32-22-11-19-26-13-7-9-20-30(26)32/h1-25H. The number of hydrogen-bond donors (Lipinski definition) is 0. The van der Waals surface area contributed by atoms with Crippen molar-refractivity contribution in [3.05, 3.63) is 152 Å². The van der Waals surface area contributed by atoms with Gasteiger partial charge in [-0.1, -0.05) is 140 Å². The first-order valence-corrected chi connectivity index (χ1v) is 15.0. The van der Waals surface area contributed by atoms with Gasteiger partial charge in [-0.3, -0.25) is 0 Å². The maximum atomic E-state index is 6.97. The van der Waals surface area contributed by atoms with Crippen molar-refractivity contribution in [1.29, 1.82) is 0 Å². The number of furan rings is 1. The fraction of sp³-hybridized carbons (Fsp3) is 0. The van der Waals surface area contributed by atoms with Crippen molar-refractivity contribution in [2.75, 3.05) is 0 Å². The topological polar surface area (TPSA) is 51.8 Å². The van der Waals surface area contributed by atoms with E-state index in [1.807, 2.05) is 66.7 Å². The molecule has 0 amide bonds. The zero-order valence-corrected chi connectivity index (χ0v) is 24.2. The molecule has 9 rings (SSSR count). The Balaban J connectivity index is 1.36. The number of nitrogens with zero attached hydrogens (tertiary/aromatic N) is 3. The van der Waals surface area contributed by atoms with Crippen LogP contribution in [0.3, 0.4) is 0 Å². The van der Waals surface area contributed by atoms with E-state index in [-0.39, 0.29) is 0 Å². The molecule has 0 N–H and O–H groups in total. The Kier molecular flexibility index (Phi) is 5.78. The third-order valence-electron chi connectivity index (χ3n) is 8.51. The Morgan fingerprint density at radius 3 is 1.62 bits per heavy atom. The van der Waals surface area contributed by atoms with E-state index in [0.717, 1.165) is 55.1 Å². The number of benzene rings is 7. The van der Waals surface area contributed by atoms with Crippen molar-refractivity contribution in [1.82, 2.24) is 15.0 Å². The van der Waals surface area contributed by atoms with Crippen molar-refractivity contribution < 1.29 is 4.42 Å². The van der Waals surface area contributed by atoms with Crippen LogP contribution in [-0.2, 0) is 0 Å². The second kappa shape index (κ2) is 10.2. The third-order valence-corrected chi connectivity index (χ3v) is 8.51. The van der Waals surface area contributed by atoms with Gasteiger partial charge in [-0.15, -0.1) is 0 Å². The van der Waals surface area contributed by atoms with Gasteiger partial charge < -0.3 is 4.42 Å². The predicted molar refractivity (Wildman–Crippen MR) is 184 cm³/mol. The summed E-state index contributed by atoms with van der Waals surface area (Å²) in [7, 11) is 0. The molecule has 4 nitrogen and oxygen atoms in total. The Morgan fingerprint density at radius 2 is 0.889 bits per heavy atom. The number of aromatic nitrogens is 3. The number of para-hydroxylation sites is 1. The molecule has 2 aromatic heterocycles. The maximum absolute atomic E-state index is 6.97. The quantitative estimate of drug-likeness (QED) is 0.209. The molecule has 9 aromatic rings. The average Bonchev–Trinajstić information content (AvgIpc) is 3.49.